The van der Waals surface area contributed by atoms with Gasteiger partial charge in [-0.15, -0.1) is 0 Å². The van der Waals surface area contributed by atoms with Crippen LogP contribution in [0.3, 0.4) is 0 Å². The Hall–Kier alpha value is -3.55. The van der Waals surface area contributed by atoms with Gasteiger partial charge in [0.1, 0.15) is 28.6 Å². The molecule has 0 fully saturated rings. The van der Waals surface area contributed by atoms with Crippen molar-refractivity contribution in [3.63, 3.8) is 0 Å². The molecule has 0 saturated carbocycles. The van der Waals surface area contributed by atoms with E-state index in [0.717, 1.165) is 30.2 Å². The summed E-state index contributed by atoms with van der Waals surface area (Å²) in [4.78, 5) is 28.0. The molecule has 7 nitrogen and oxygen atoms in total. The van der Waals surface area contributed by atoms with E-state index >= 15 is 0 Å². The van der Waals surface area contributed by atoms with E-state index in [9.17, 15) is 14.0 Å². The van der Waals surface area contributed by atoms with Gasteiger partial charge >= 0.3 is 6.09 Å². The number of benzene rings is 2. The van der Waals surface area contributed by atoms with Gasteiger partial charge < -0.3 is 25.1 Å². The topological polar surface area (TPSA) is 92.5 Å². The van der Waals surface area contributed by atoms with Gasteiger partial charge in [-0.05, 0) is 69.7 Å². The molecule has 3 aromatic rings. The van der Waals surface area contributed by atoms with Crippen molar-refractivity contribution >= 4 is 22.9 Å². The second-order valence-electron chi connectivity index (χ2n) is 9.18. The zero-order valence-corrected chi connectivity index (χ0v) is 20.0. The van der Waals surface area contributed by atoms with Crippen LogP contribution in [0.1, 0.15) is 57.4 Å². The number of carbonyl (C=O) groups excluding carboxylic acids is 2. The largest absolute Gasteiger partial charge is 0.457 e. The van der Waals surface area contributed by atoms with Crippen LogP contribution in [0.25, 0.3) is 10.9 Å². The summed E-state index contributed by atoms with van der Waals surface area (Å²) in [5.41, 5.74) is 0.548. The van der Waals surface area contributed by atoms with Crippen molar-refractivity contribution in [2.24, 2.45) is 0 Å². The minimum absolute atomic E-state index is 0.237. The number of nitrogens with one attached hydrogen (secondary N) is 3. The number of ether oxygens (including phenoxy) is 2. The highest BCUT2D eigenvalue weighted by Crippen LogP contribution is 2.26. The predicted molar refractivity (Wildman–Crippen MR) is 130 cm³/mol. The highest BCUT2D eigenvalue weighted by Gasteiger charge is 2.20. The molecule has 182 valence electrons. The number of carbonyl (C=O) groups is 2. The fourth-order valence-corrected chi connectivity index (χ4v) is 3.39. The molecule has 0 unspecified atom stereocenters. The second kappa shape index (κ2) is 11.0. The van der Waals surface area contributed by atoms with Crippen LogP contribution in [0.4, 0.5) is 9.18 Å². The first-order valence-corrected chi connectivity index (χ1v) is 11.5. The third-order valence-corrected chi connectivity index (χ3v) is 5.02. The van der Waals surface area contributed by atoms with Crippen LogP contribution >= 0.6 is 0 Å². The number of alkyl carbamates (subject to hydrolysis) is 1. The second-order valence-corrected chi connectivity index (χ2v) is 9.18. The predicted octanol–water partition coefficient (Wildman–Crippen LogP) is 5.91. The van der Waals surface area contributed by atoms with Gasteiger partial charge in [-0.2, -0.15) is 0 Å². The average Bonchev–Trinajstić information content (AvgIpc) is 3.19. The molecular weight excluding hydrogens is 437 g/mol. The Morgan fingerprint density at radius 2 is 1.76 bits per heavy atom. The van der Waals surface area contributed by atoms with Crippen molar-refractivity contribution < 1.29 is 23.5 Å². The smallest absolute Gasteiger partial charge is 0.407 e. The van der Waals surface area contributed by atoms with Crippen molar-refractivity contribution in [1.82, 2.24) is 15.6 Å². The lowest BCUT2D eigenvalue weighted by molar-refractivity contribution is 0.0498. The quantitative estimate of drug-likeness (QED) is 0.363. The highest BCUT2D eigenvalue weighted by molar-refractivity contribution is 5.98. The number of aromatic amines is 1. The number of fused-ring (bicyclic) bond motifs is 1. The number of amides is 2. The van der Waals surface area contributed by atoms with E-state index in [1.54, 1.807) is 51.1 Å². The summed E-state index contributed by atoms with van der Waals surface area (Å²) < 4.78 is 24.2. The molecule has 2 amide bonds. The van der Waals surface area contributed by atoms with E-state index in [0.29, 0.717) is 17.2 Å². The Morgan fingerprint density at radius 1 is 1.06 bits per heavy atom. The maximum absolute atomic E-state index is 13.1. The molecule has 0 aliphatic carbocycles. The summed E-state index contributed by atoms with van der Waals surface area (Å²) >= 11 is 0. The van der Waals surface area contributed by atoms with Gasteiger partial charge in [0.25, 0.3) is 5.91 Å². The number of rotatable bonds is 9. The van der Waals surface area contributed by atoms with Crippen LogP contribution in [0.5, 0.6) is 11.5 Å². The van der Waals surface area contributed by atoms with Crippen molar-refractivity contribution in [2.75, 3.05) is 6.54 Å². The Labute approximate surface area is 199 Å². The number of halogens is 1. The molecule has 3 rings (SSSR count). The first kappa shape index (κ1) is 25.1. The van der Waals surface area contributed by atoms with E-state index in [1.165, 1.54) is 12.1 Å². The Kier molecular flexibility index (Phi) is 8.15. The normalized spacial score (nSPS) is 12.3. The van der Waals surface area contributed by atoms with Crippen LogP contribution in [-0.2, 0) is 4.74 Å². The molecule has 1 aromatic heterocycles. The van der Waals surface area contributed by atoms with Crippen molar-refractivity contribution in [3.05, 3.63) is 60.0 Å². The van der Waals surface area contributed by atoms with Gasteiger partial charge in [0.2, 0.25) is 0 Å². The van der Waals surface area contributed by atoms with Crippen LogP contribution in [0.15, 0.2) is 48.5 Å². The third-order valence-electron chi connectivity index (χ3n) is 5.02. The molecule has 3 N–H and O–H groups in total. The minimum Gasteiger partial charge on any atom is -0.457 e. The average molecular weight is 470 g/mol. The Bertz CT molecular complexity index is 1120. The van der Waals surface area contributed by atoms with Gasteiger partial charge in [-0.3, -0.25) is 4.79 Å². The molecule has 0 bridgehead atoms. The monoisotopic (exact) mass is 469 g/mol. The summed E-state index contributed by atoms with van der Waals surface area (Å²) in [6.07, 6.45) is 2.12. The van der Waals surface area contributed by atoms with Gasteiger partial charge in [0.05, 0.1) is 0 Å². The van der Waals surface area contributed by atoms with Gasteiger partial charge in [-0.25, -0.2) is 9.18 Å². The molecule has 0 aliphatic rings. The molecule has 8 heteroatoms. The number of hydrogen-bond donors (Lipinski definition) is 3. The molecule has 0 aliphatic heterocycles. The van der Waals surface area contributed by atoms with E-state index in [2.05, 4.69) is 22.5 Å². The summed E-state index contributed by atoms with van der Waals surface area (Å²) in [5.74, 6) is 0.473. The SMILES string of the molecule is CCCC[C@@H](CNC(=O)c1cc2ccc(Oc3ccc(F)cc3)cc2[nH]1)NC(=O)OC(C)(C)C. The fraction of sp³-hybridized carbons (Fsp3) is 0.385. The van der Waals surface area contributed by atoms with E-state index in [1.807, 2.05) is 6.07 Å². The van der Waals surface area contributed by atoms with Gasteiger partial charge in [0.15, 0.2) is 0 Å². The van der Waals surface area contributed by atoms with Crippen molar-refractivity contribution in [3.8, 4) is 11.5 Å². The summed E-state index contributed by atoms with van der Waals surface area (Å²) in [6, 6.07) is 12.7. The maximum atomic E-state index is 13.1. The maximum Gasteiger partial charge on any atom is 0.407 e. The fourth-order valence-electron chi connectivity index (χ4n) is 3.39. The van der Waals surface area contributed by atoms with Crippen LogP contribution in [0, 0.1) is 5.82 Å². The number of aromatic nitrogens is 1. The van der Waals surface area contributed by atoms with Crippen molar-refractivity contribution in [1.29, 1.82) is 0 Å². The van der Waals surface area contributed by atoms with Gasteiger partial charge in [0, 0.05) is 29.6 Å². The first-order chi connectivity index (χ1) is 16.1. The highest BCUT2D eigenvalue weighted by atomic mass is 19.1. The Balaban J connectivity index is 1.63. The Morgan fingerprint density at radius 3 is 2.44 bits per heavy atom. The lowest BCUT2D eigenvalue weighted by atomic mass is 10.1. The summed E-state index contributed by atoms with van der Waals surface area (Å²) in [5, 5.41) is 6.59. The van der Waals surface area contributed by atoms with Crippen LogP contribution < -0.4 is 15.4 Å². The molecule has 0 spiro atoms. The lowest BCUT2D eigenvalue weighted by Gasteiger charge is -2.23. The van der Waals surface area contributed by atoms with Gasteiger partial charge in [-0.1, -0.05) is 19.8 Å². The molecule has 1 heterocycles. The lowest BCUT2D eigenvalue weighted by Crippen LogP contribution is -2.45. The van der Waals surface area contributed by atoms with Crippen LogP contribution in [0.2, 0.25) is 0 Å². The number of hydrogen-bond acceptors (Lipinski definition) is 4. The standard InChI is InChI=1S/C26H32FN3O4/c1-5-6-7-19(29-25(32)34-26(2,3)4)16-28-24(31)23-14-17-8-11-21(15-22(17)30-23)33-20-12-9-18(27)10-13-20/h8-15,19,30H,5-7,16H2,1-4H3,(H,28,31)(H,29,32)/t19-/m0/s1. The van der Waals surface area contributed by atoms with E-state index < -0.39 is 11.7 Å². The van der Waals surface area contributed by atoms with E-state index in [4.69, 9.17) is 9.47 Å². The number of H-pyrrole nitrogens is 1. The zero-order valence-electron chi connectivity index (χ0n) is 20.0. The molecule has 0 saturated heterocycles. The van der Waals surface area contributed by atoms with Crippen LogP contribution in [-0.4, -0.2) is 35.2 Å². The molecule has 1 atom stereocenters. The molecule has 34 heavy (non-hydrogen) atoms. The number of unbranched alkanes of at least 4 members (excludes halogenated alkanes) is 1. The van der Waals surface area contributed by atoms with E-state index in [-0.39, 0.29) is 24.3 Å². The van der Waals surface area contributed by atoms with Crippen molar-refractivity contribution in [2.45, 2.75) is 58.6 Å². The molecule has 0 radical (unpaired) electrons. The molecular formula is C26H32FN3O4. The minimum atomic E-state index is -0.591. The summed E-state index contributed by atoms with van der Waals surface area (Å²) in [7, 11) is 0. The molecule has 2 aromatic carbocycles. The third kappa shape index (κ3) is 7.50. The summed E-state index contributed by atoms with van der Waals surface area (Å²) in [6.45, 7) is 7.78. The first-order valence-electron chi connectivity index (χ1n) is 11.5. The zero-order chi connectivity index (χ0) is 24.7.